The van der Waals surface area contributed by atoms with Gasteiger partial charge in [-0.1, -0.05) is 18.2 Å². The highest BCUT2D eigenvalue weighted by molar-refractivity contribution is 5.46. The van der Waals surface area contributed by atoms with Crippen molar-refractivity contribution in [2.75, 3.05) is 19.5 Å². The second-order valence-electron chi connectivity index (χ2n) is 5.05. The van der Waals surface area contributed by atoms with Gasteiger partial charge < -0.3 is 15.2 Å². The van der Waals surface area contributed by atoms with Crippen LogP contribution in [0.4, 0.5) is 5.69 Å². The van der Waals surface area contributed by atoms with E-state index in [0.717, 1.165) is 40.2 Å². The summed E-state index contributed by atoms with van der Waals surface area (Å²) in [4.78, 5) is 4.42. The third-order valence-corrected chi connectivity index (χ3v) is 3.56. The zero-order valence-corrected chi connectivity index (χ0v) is 12.8. The number of benzene rings is 1. The van der Waals surface area contributed by atoms with Crippen molar-refractivity contribution in [2.24, 2.45) is 0 Å². The maximum Gasteiger partial charge on any atom is 0.128 e. The Labute approximate surface area is 125 Å². The Morgan fingerprint density at radius 1 is 1.19 bits per heavy atom. The lowest BCUT2D eigenvalue weighted by atomic mass is 10.1. The third-order valence-electron chi connectivity index (χ3n) is 3.56. The summed E-state index contributed by atoms with van der Waals surface area (Å²) in [5.41, 5.74) is 10.8. The SMILES string of the molecule is COc1c(C)cnc(COCCc2ccccc2N)c1C. The lowest BCUT2D eigenvalue weighted by molar-refractivity contribution is 0.120. The van der Waals surface area contributed by atoms with Crippen LogP contribution in [0.2, 0.25) is 0 Å². The Balaban J connectivity index is 1.91. The van der Waals surface area contributed by atoms with E-state index in [4.69, 9.17) is 15.2 Å². The highest BCUT2D eigenvalue weighted by atomic mass is 16.5. The molecule has 0 atom stereocenters. The fraction of sp³-hybridized carbons (Fsp3) is 0.353. The van der Waals surface area contributed by atoms with Crippen LogP contribution in [0, 0.1) is 13.8 Å². The van der Waals surface area contributed by atoms with E-state index >= 15 is 0 Å². The van der Waals surface area contributed by atoms with Gasteiger partial charge in [-0.3, -0.25) is 4.98 Å². The van der Waals surface area contributed by atoms with Gasteiger partial charge in [0.15, 0.2) is 0 Å². The van der Waals surface area contributed by atoms with Gasteiger partial charge in [-0.25, -0.2) is 0 Å². The molecule has 4 heteroatoms. The molecule has 2 rings (SSSR count). The van der Waals surface area contributed by atoms with Crippen molar-refractivity contribution in [1.29, 1.82) is 0 Å². The molecule has 2 aromatic rings. The molecule has 112 valence electrons. The molecule has 1 aromatic heterocycles. The highest BCUT2D eigenvalue weighted by Gasteiger charge is 2.09. The van der Waals surface area contributed by atoms with Crippen LogP contribution in [0.1, 0.15) is 22.4 Å². The lowest BCUT2D eigenvalue weighted by Crippen LogP contribution is -2.05. The summed E-state index contributed by atoms with van der Waals surface area (Å²) in [5.74, 6) is 0.885. The highest BCUT2D eigenvalue weighted by Crippen LogP contribution is 2.24. The molecule has 0 aliphatic rings. The number of nitrogens with zero attached hydrogens (tertiary/aromatic N) is 1. The van der Waals surface area contributed by atoms with E-state index in [2.05, 4.69) is 4.98 Å². The minimum absolute atomic E-state index is 0.481. The van der Waals surface area contributed by atoms with E-state index in [1.54, 1.807) is 7.11 Å². The first kappa shape index (κ1) is 15.3. The molecule has 0 fully saturated rings. The Kier molecular flexibility index (Phi) is 5.17. The number of ether oxygens (including phenoxy) is 2. The topological polar surface area (TPSA) is 57.4 Å². The van der Waals surface area contributed by atoms with E-state index in [1.807, 2.05) is 44.3 Å². The van der Waals surface area contributed by atoms with E-state index in [9.17, 15) is 0 Å². The second-order valence-corrected chi connectivity index (χ2v) is 5.05. The summed E-state index contributed by atoms with van der Waals surface area (Å²) < 4.78 is 11.1. The van der Waals surface area contributed by atoms with Crippen molar-refractivity contribution in [3.8, 4) is 5.75 Å². The molecule has 0 amide bonds. The standard InChI is InChI=1S/C17H22N2O2/c1-12-10-19-16(13(2)17(12)20-3)11-21-9-8-14-6-4-5-7-15(14)18/h4-7,10H,8-9,11,18H2,1-3H3. The predicted octanol–water partition coefficient (Wildman–Crippen LogP) is 3.05. The molecule has 0 aliphatic heterocycles. The van der Waals surface area contributed by atoms with Crippen molar-refractivity contribution >= 4 is 5.69 Å². The number of pyridine rings is 1. The smallest absolute Gasteiger partial charge is 0.128 e. The average Bonchev–Trinajstić information content (AvgIpc) is 2.48. The number of aromatic nitrogens is 1. The van der Waals surface area contributed by atoms with Crippen LogP contribution in [0.25, 0.3) is 0 Å². The largest absolute Gasteiger partial charge is 0.496 e. The van der Waals surface area contributed by atoms with Crippen molar-refractivity contribution in [3.63, 3.8) is 0 Å². The number of methoxy groups -OCH3 is 1. The minimum atomic E-state index is 0.481. The minimum Gasteiger partial charge on any atom is -0.496 e. The molecule has 0 spiro atoms. The molecular weight excluding hydrogens is 264 g/mol. The fourth-order valence-electron chi connectivity index (χ4n) is 2.33. The molecular formula is C17H22N2O2. The number of aryl methyl sites for hydroxylation is 1. The molecule has 2 N–H and O–H groups in total. The number of nitrogens with two attached hydrogens (primary N) is 1. The number of para-hydroxylation sites is 1. The van der Waals surface area contributed by atoms with Gasteiger partial charge in [0.05, 0.1) is 26.0 Å². The normalized spacial score (nSPS) is 10.6. The van der Waals surface area contributed by atoms with Gasteiger partial charge in [0.1, 0.15) is 5.75 Å². The summed E-state index contributed by atoms with van der Waals surface area (Å²) in [6, 6.07) is 7.86. The van der Waals surface area contributed by atoms with Gasteiger partial charge in [0.2, 0.25) is 0 Å². The van der Waals surface area contributed by atoms with Gasteiger partial charge in [-0.15, -0.1) is 0 Å². The van der Waals surface area contributed by atoms with E-state index in [-0.39, 0.29) is 0 Å². The molecule has 0 radical (unpaired) electrons. The van der Waals surface area contributed by atoms with Gasteiger partial charge in [-0.05, 0) is 31.9 Å². The summed E-state index contributed by atoms with van der Waals surface area (Å²) in [7, 11) is 1.68. The van der Waals surface area contributed by atoms with Crippen LogP contribution in [0.15, 0.2) is 30.5 Å². The number of hydrogen-bond donors (Lipinski definition) is 1. The fourth-order valence-corrected chi connectivity index (χ4v) is 2.33. The van der Waals surface area contributed by atoms with Crippen LogP contribution in [0.5, 0.6) is 5.75 Å². The molecule has 0 aliphatic carbocycles. The number of nitrogen functional groups attached to an aromatic ring is 1. The molecule has 0 bridgehead atoms. The van der Waals surface area contributed by atoms with Crippen LogP contribution in [-0.2, 0) is 17.8 Å². The van der Waals surface area contributed by atoms with Crippen molar-refractivity contribution in [2.45, 2.75) is 26.9 Å². The molecule has 0 saturated carbocycles. The number of hydrogen-bond acceptors (Lipinski definition) is 4. The molecule has 1 heterocycles. The maximum atomic E-state index is 5.91. The van der Waals surface area contributed by atoms with Crippen molar-refractivity contribution in [1.82, 2.24) is 4.98 Å². The number of rotatable bonds is 6. The quantitative estimate of drug-likeness (QED) is 0.655. The van der Waals surface area contributed by atoms with E-state index in [1.165, 1.54) is 0 Å². The lowest BCUT2D eigenvalue weighted by Gasteiger charge is -2.12. The third kappa shape index (κ3) is 3.73. The summed E-state index contributed by atoms with van der Waals surface area (Å²) >= 11 is 0. The maximum absolute atomic E-state index is 5.91. The molecule has 4 nitrogen and oxygen atoms in total. The van der Waals surface area contributed by atoms with Crippen LogP contribution in [-0.4, -0.2) is 18.7 Å². The Morgan fingerprint density at radius 3 is 2.67 bits per heavy atom. The van der Waals surface area contributed by atoms with Gasteiger partial charge in [0.25, 0.3) is 0 Å². The molecule has 0 saturated heterocycles. The van der Waals surface area contributed by atoms with Gasteiger partial charge in [-0.2, -0.15) is 0 Å². The Bertz CT molecular complexity index is 612. The van der Waals surface area contributed by atoms with Crippen molar-refractivity contribution < 1.29 is 9.47 Å². The molecule has 1 aromatic carbocycles. The van der Waals surface area contributed by atoms with Crippen molar-refractivity contribution in [3.05, 3.63) is 52.8 Å². The van der Waals surface area contributed by atoms with Crippen LogP contribution < -0.4 is 10.5 Å². The summed E-state index contributed by atoms with van der Waals surface area (Å²) in [6.07, 6.45) is 2.62. The Hall–Kier alpha value is -2.07. The zero-order chi connectivity index (χ0) is 15.2. The number of anilines is 1. The first-order valence-corrected chi connectivity index (χ1v) is 7.03. The molecule has 0 unspecified atom stereocenters. The first-order chi connectivity index (χ1) is 10.1. The van der Waals surface area contributed by atoms with E-state index in [0.29, 0.717) is 13.2 Å². The molecule has 21 heavy (non-hydrogen) atoms. The van der Waals surface area contributed by atoms with Gasteiger partial charge >= 0.3 is 0 Å². The average molecular weight is 286 g/mol. The van der Waals surface area contributed by atoms with Gasteiger partial charge in [0, 0.05) is 23.0 Å². The van der Waals surface area contributed by atoms with Crippen LogP contribution in [0.3, 0.4) is 0 Å². The van der Waals surface area contributed by atoms with E-state index < -0.39 is 0 Å². The zero-order valence-electron chi connectivity index (χ0n) is 12.8. The Morgan fingerprint density at radius 2 is 1.95 bits per heavy atom. The predicted molar refractivity (Wildman–Crippen MR) is 84.5 cm³/mol. The van der Waals surface area contributed by atoms with Crippen LogP contribution >= 0.6 is 0 Å². The summed E-state index contributed by atoms with van der Waals surface area (Å²) in [6.45, 7) is 5.09. The summed E-state index contributed by atoms with van der Waals surface area (Å²) in [5, 5.41) is 0. The monoisotopic (exact) mass is 286 g/mol. The second kappa shape index (κ2) is 7.09. The first-order valence-electron chi connectivity index (χ1n) is 7.03.